The van der Waals surface area contributed by atoms with Gasteiger partial charge in [0.15, 0.2) is 0 Å². The molecule has 1 heterocycles. The maximum absolute atomic E-state index is 11.2. The first-order chi connectivity index (χ1) is 9.47. The Hall–Kier alpha value is -2.15. The van der Waals surface area contributed by atoms with Crippen molar-refractivity contribution in [3.05, 3.63) is 28.3 Å². The van der Waals surface area contributed by atoms with Crippen LogP contribution in [0.15, 0.2) is 18.2 Å². The largest absolute Gasteiger partial charge is 0.360 e. The topological polar surface area (TPSA) is 79.9 Å². The summed E-state index contributed by atoms with van der Waals surface area (Å²) in [6.07, 6.45) is 0. The average Bonchev–Trinajstić information content (AvgIpc) is 2.38. The van der Waals surface area contributed by atoms with Gasteiger partial charge in [-0.05, 0) is 12.1 Å². The van der Waals surface area contributed by atoms with Gasteiger partial charge in [-0.2, -0.15) is 0 Å². The Bertz CT molecular complexity index is 524. The summed E-state index contributed by atoms with van der Waals surface area (Å²) in [5, 5.41) is 13.5. The van der Waals surface area contributed by atoms with Gasteiger partial charge in [0.1, 0.15) is 5.69 Å². The lowest BCUT2D eigenvalue weighted by atomic mass is 10.2. The molecule has 2 N–H and O–H groups in total. The number of hydrogen-bond acceptors (Lipinski definition) is 4. The highest BCUT2D eigenvalue weighted by molar-refractivity contribution is 5.92. The number of amides is 1. The quantitative estimate of drug-likeness (QED) is 0.597. The molecule has 1 aromatic rings. The minimum atomic E-state index is -0.483. The third-order valence-electron chi connectivity index (χ3n) is 3.47. The van der Waals surface area contributed by atoms with E-state index in [0.29, 0.717) is 0 Å². The molecule has 1 aliphatic rings. The van der Waals surface area contributed by atoms with E-state index >= 15 is 0 Å². The summed E-state index contributed by atoms with van der Waals surface area (Å²) in [5.41, 5.74) is 1.09. The molecule has 1 amide bonds. The van der Waals surface area contributed by atoms with E-state index in [1.54, 1.807) is 12.1 Å². The fourth-order valence-electron chi connectivity index (χ4n) is 2.32. The molecule has 0 aromatic heterocycles. The highest BCUT2D eigenvalue weighted by atomic mass is 16.6. The number of nitro benzene ring substituents is 1. The highest BCUT2D eigenvalue weighted by Gasteiger charge is 2.21. The first-order valence-electron chi connectivity index (χ1n) is 6.59. The van der Waals surface area contributed by atoms with Crippen LogP contribution in [-0.4, -0.2) is 44.1 Å². The van der Waals surface area contributed by atoms with E-state index in [0.717, 1.165) is 31.9 Å². The van der Waals surface area contributed by atoms with Gasteiger partial charge in [0.25, 0.3) is 5.69 Å². The molecular weight excluding hydrogens is 260 g/mol. The van der Waals surface area contributed by atoms with E-state index in [1.807, 2.05) is 0 Å². The SMILES string of the molecule is CC(=O)Nc1cc(N2CC[NH+](C)CC2)ccc1[N+](=O)[O-]. The Balaban J connectivity index is 2.26. The molecule has 0 aliphatic carbocycles. The first-order valence-corrected chi connectivity index (χ1v) is 6.59. The molecule has 0 atom stereocenters. The minimum Gasteiger partial charge on any atom is -0.360 e. The van der Waals surface area contributed by atoms with Crippen molar-refractivity contribution in [2.75, 3.05) is 43.4 Å². The van der Waals surface area contributed by atoms with Crippen LogP contribution in [0.2, 0.25) is 0 Å². The van der Waals surface area contributed by atoms with Gasteiger partial charge >= 0.3 is 0 Å². The second-order valence-corrected chi connectivity index (χ2v) is 5.08. The second-order valence-electron chi connectivity index (χ2n) is 5.08. The molecule has 7 heteroatoms. The van der Waals surface area contributed by atoms with Gasteiger partial charge < -0.3 is 15.1 Å². The fraction of sp³-hybridized carbons (Fsp3) is 0.462. The summed E-state index contributed by atoms with van der Waals surface area (Å²) in [6.45, 7) is 5.22. The van der Waals surface area contributed by atoms with Gasteiger partial charge in [-0.25, -0.2) is 0 Å². The van der Waals surface area contributed by atoms with Crippen molar-refractivity contribution in [3.8, 4) is 0 Å². The maximum atomic E-state index is 11.2. The zero-order valence-corrected chi connectivity index (χ0v) is 11.7. The van der Waals surface area contributed by atoms with Crippen LogP contribution in [0.4, 0.5) is 17.1 Å². The minimum absolute atomic E-state index is 0.0799. The molecule has 7 nitrogen and oxygen atoms in total. The summed E-state index contributed by atoms with van der Waals surface area (Å²) in [5.74, 6) is -0.312. The van der Waals surface area contributed by atoms with Crippen LogP contribution in [0.1, 0.15) is 6.92 Å². The van der Waals surface area contributed by atoms with Crippen molar-refractivity contribution in [1.29, 1.82) is 0 Å². The molecule has 20 heavy (non-hydrogen) atoms. The Morgan fingerprint density at radius 3 is 2.60 bits per heavy atom. The normalized spacial score (nSPS) is 16.0. The predicted molar refractivity (Wildman–Crippen MR) is 76.2 cm³/mol. The van der Waals surface area contributed by atoms with Crippen LogP contribution in [0.3, 0.4) is 0 Å². The number of carbonyl (C=O) groups excluding carboxylic acids is 1. The number of nitrogens with zero attached hydrogens (tertiary/aromatic N) is 2. The lowest BCUT2D eigenvalue weighted by Crippen LogP contribution is -3.12. The number of carbonyl (C=O) groups is 1. The van der Waals surface area contributed by atoms with Gasteiger partial charge in [-0.1, -0.05) is 0 Å². The predicted octanol–water partition coefficient (Wildman–Crippen LogP) is -0.112. The number of quaternary nitrogens is 1. The lowest BCUT2D eigenvalue weighted by Gasteiger charge is -2.31. The van der Waals surface area contributed by atoms with Crippen LogP contribution >= 0.6 is 0 Å². The maximum Gasteiger partial charge on any atom is 0.292 e. The third kappa shape index (κ3) is 3.24. The number of hydrogen-bond donors (Lipinski definition) is 2. The average molecular weight is 279 g/mol. The van der Waals surface area contributed by atoms with Crippen molar-refractivity contribution in [1.82, 2.24) is 0 Å². The number of piperazine rings is 1. The van der Waals surface area contributed by atoms with Crippen LogP contribution in [0.25, 0.3) is 0 Å². The number of nitro groups is 1. The Labute approximate surface area is 117 Å². The van der Waals surface area contributed by atoms with Crippen molar-refractivity contribution in [3.63, 3.8) is 0 Å². The smallest absolute Gasteiger partial charge is 0.292 e. The first kappa shape index (κ1) is 14.3. The molecule has 0 bridgehead atoms. The molecule has 1 fully saturated rings. The zero-order chi connectivity index (χ0) is 14.7. The van der Waals surface area contributed by atoms with E-state index in [2.05, 4.69) is 17.3 Å². The standard InChI is InChI=1S/C13H18N4O3/c1-10(18)14-12-9-11(3-4-13(12)17(19)20)16-7-5-15(2)6-8-16/h3-4,9H,5-8H2,1-2H3,(H,14,18)/p+1. The van der Waals surface area contributed by atoms with Gasteiger partial charge in [0.05, 0.1) is 38.2 Å². The second kappa shape index (κ2) is 5.87. The summed E-state index contributed by atoms with van der Waals surface area (Å²) in [7, 11) is 2.15. The summed E-state index contributed by atoms with van der Waals surface area (Å²) in [4.78, 5) is 25.3. The van der Waals surface area contributed by atoms with Crippen molar-refractivity contribution >= 4 is 23.0 Å². The van der Waals surface area contributed by atoms with E-state index in [1.165, 1.54) is 17.9 Å². The van der Waals surface area contributed by atoms with Gasteiger partial charge in [0.2, 0.25) is 5.91 Å². The van der Waals surface area contributed by atoms with Gasteiger partial charge in [-0.15, -0.1) is 0 Å². The van der Waals surface area contributed by atoms with Crippen LogP contribution in [0.5, 0.6) is 0 Å². The summed E-state index contributed by atoms with van der Waals surface area (Å²) in [6, 6.07) is 4.87. The van der Waals surface area contributed by atoms with E-state index < -0.39 is 4.92 Å². The molecule has 1 saturated heterocycles. The van der Waals surface area contributed by atoms with Crippen molar-refractivity contribution < 1.29 is 14.6 Å². The molecule has 1 aromatic carbocycles. The molecule has 0 saturated carbocycles. The summed E-state index contributed by atoms with van der Waals surface area (Å²) < 4.78 is 0. The lowest BCUT2D eigenvalue weighted by molar-refractivity contribution is -0.880. The van der Waals surface area contributed by atoms with Crippen molar-refractivity contribution in [2.45, 2.75) is 6.92 Å². The Kier molecular flexibility index (Phi) is 4.19. The van der Waals surface area contributed by atoms with Gasteiger partial charge in [-0.3, -0.25) is 14.9 Å². The molecule has 0 radical (unpaired) electrons. The van der Waals surface area contributed by atoms with Gasteiger partial charge in [0, 0.05) is 18.7 Å². The third-order valence-corrected chi connectivity index (χ3v) is 3.47. The van der Waals surface area contributed by atoms with E-state index in [4.69, 9.17) is 0 Å². The van der Waals surface area contributed by atoms with E-state index in [9.17, 15) is 14.9 Å². The molecule has 2 rings (SSSR count). The van der Waals surface area contributed by atoms with Crippen LogP contribution in [0, 0.1) is 10.1 Å². The number of benzene rings is 1. The molecule has 0 unspecified atom stereocenters. The monoisotopic (exact) mass is 279 g/mol. The molecule has 108 valence electrons. The summed E-state index contributed by atoms with van der Waals surface area (Å²) >= 11 is 0. The van der Waals surface area contributed by atoms with E-state index in [-0.39, 0.29) is 17.3 Å². The van der Waals surface area contributed by atoms with Crippen molar-refractivity contribution in [2.24, 2.45) is 0 Å². The number of rotatable bonds is 3. The molecule has 1 aliphatic heterocycles. The highest BCUT2D eigenvalue weighted by Crippen LogP contribution is 2.29. The fourth-order valence-corrected chi connectivity index (χ4v) is 2.32. The molecular formula is C13H19N4O3+. The molecule has 0 spiro atoms. The zero-order valence-electron chi connectivity index (χ0n) is 11.7. The van der Waals surface area contributed by atoms with Crippen LogP contribution < -0.4 is 15.1 Å². The number of anilines is 2. The Morgan fingerprint density at radius 1 is 1.40 bits per heavy atom. The number of likely N-dealkylation sites (N-methyl/N-ethyl adjacent to an activating group) is 1. The number of nitrogens with one attached hydrogen (secondary N) is 2. The Morgan fingerprint density at radius 2 is 2.05 bits per heavy atom. The van der Waals surface area contributed by atoms with Crippen LogP contribution in [-0.2, 0) is 4.79 Å².